The lowest BCUT2D eigenvalue weighted by Gasteiger charge is -2.22. The number of hydrogen-bond donors (Lipinski definition) is 1. The molecule has 3 heterocycles. The monoisotopic (exact) mass is 406 g/mol. The molecule has 3 aromatic rings. The Kier molecular flexibility index (Phi) is 5.22. The molecule has 0 saturated carbocycles. The van der Waals surface area contributed by atoms with Crippen molar-refractivity contribution in [2.45, 2.75) is 59.0 Å². The number of anilines is 1. The number of amides is 1. The quantitative estimate of drug-likeness (QED) is 0.720. The van der Waals surface area contributed by atoms with Gasteiger partial charge < -0.3 is 14.8 Å². The van der Waals surface area contributed by atoms with Gasteiger partial charge >= 0.3 is 0 Å². The molecule has 1 amide bonds. The molecule has 1 aromatic carbocycles. The molecular weight excluding hydrogens is 376 g/mol. The van der Waals surface area contributed by atoms with Gasteiger partial charge in [-0.05, 0) is 18.9 Å². The first-order chi connectivity index (χ1) is 14.2. The molecule has 1 saturated heterocycles. The van der Waals surface area contributed by atoms with Crippen LogP contribution in [-0.2, 0) is 16.8 Å². The van der Waals surface area contributed by atoms with Gasteiger partial charge in [0.25, 0.3) is 0 Å². The molecule has 1 atom stereocenters. The van der Waals surface area contributed by atoms with Crippen molar-refractivity contribution < 1.29 is 4.79 Å². The highest BCUT2D eigenvalue weighted by molar-refractivity contribution is 5.84. The second-order valence-corrected chi connectivity index (χ2v) is 9.29. The molecule has 1 aliphatic rings. The normalized spacial score (nSPS) is 17.0. The van der Waals surface area contributed by atoms with Crippen LogP contribution in [0.5, 0.6) is 0 Å². The summed E-state index contributed by atoms with van der Waals surface area (Å²) in [5.41, 5.74) is 3.95. The fourth-order valence-corrected chi connectivity index (χ4v) is 3.97. The molecule has 1 fully saturated rings. The zero-order valence-corrected chi connectivity index (χ0v) is 18.4. The van der Waals surface area contributed by atoms with E-state index in [0.29, 0.717) is 6.54 Å². The van der Waals surface area contributed by atoms with E-state index in [1.165, 1.54) is 11.1 Å². The third kappa shape index (κ3) is 4.15. The average molecular weight is 407 g/mol. The molecule has 0 aliphatic carbocycles. The maximum Gasteiger partial charge on any atom is 0.217 e. The summed E-state index contributed by atoms with van der Waals surface area (Å²) in [7, 11) is 0. The van der Waals surface area contributed by atoms with Crippen LogP contribution in [0.15, 0.2) is 30.6 Å². The van der Waals surface area contributed by atoms with Crippen molar-refractivity contribution in [2.75, 3.05) is 18.0 Å². The van der Waals surface area contributed by atoms with Gasteiger partial charge in [-0.15, -0.1) is 0 Å². The summed E-state index contributed by atoms with van der Waals surface area (Å²) >= 11 is 0. The smallest absolute Gasteiger partial charge is 0.217 e. The summed E-state index contributed by atoms with van der Waals surface area (Å²) in [5.74, 6) is 1.67. The van der Waals surface area contributed by atoms with Crippen LogP contribution in [0.4, 0.5) is 5.82 Å². The first-order valence-corrected chi connectivity index (χ1v) is 10.5. The molecule has 2 aromatic heterocycles. The number of imidazole rings is 1. The zero-order valence-electron chi connectivity index (χ0n) is 18.4. The maximum absolute atomic E-state index is 11.5. The Labute approximate surface area is 177 Å². The van der Waals surface area contributed by atoms with Gasteiger partial charge in [0.2, 0.25) is 5.91 Å². The average Bonchev–Trinajstić information content (AvgIpc) is 3.27. The van der Waals surface area contributed by atoms with E-state index >= 15 is 0 Å². The van der Waals surface area contributed by atoms with Gasteiger partial charge in [-0.2, -0.15) is 0 Å². The Hall–Kier alpha value is -2.96. The number of carbonyl (C=O) groups excluding carboxylic acids is 1. The molecule has 4 rings (SSSR count). The number of hydrogen-bond acceptors (Lipinski definition) is 5. The standard InChI is InChI=1S/C23H30N6O/c1-15-7-6-8-17(11-15)12-29-14-24-19-20(26-22(23(3,4)5)27-21(19)29)28-10-9-18(13-28)25-16(2)30/h6-8,11,14,18H,9-10,12-13H2,1-5H3,(H,25,30)/t18-/m0/s1. The van der Waals surface area contributed by atoms with Crippen molar-refractivity contribution in [3.8, 4) is 0 Å². The highest BCUT2D eigenvalue weighted by Crippen LogP contribution is 2.30. The molecule has 30 heavy (non-hydrogen) atoms. The largest absolute Gasteiger partial charge is 0.353 e. The minimum Gasteiger partial charge on any atom is -0.353 e. The molecule has 1 N–H and O–H groups in total. The summed E-state index contributed by atoms with van der Waals surface area (Å²) in [6, 6.07) is 8.64. The number of benzene rings is 1. The van der Waals surface area contributed by atoms with Crippen molar-refractivity contribution in [1.29, 1.82) is 0 Å². The molecule has 0 bridgehead atoms. The van der Waals surface area contributed by atoms with E-state index in [-0.39, 0.29) is 17.4 Å². The highest BCUT2D eigenvalue weighted by atomic mass is 16.1. The SMILES string of the molecule is CC(=O)N[C@H]1CCN(c2nc(C(C)(C)C)nc3c2ncn3Cc2cccc(C)c2)C1. The lowest BCUT2D eigenvalue weighted by molar-refractivity contribution is -0.119. The molecule has 0 radical (unpaired) electrons. The third-order valence-corrected chi connectivity index (χ3v) is 5.45. The van der Waals surface area contributed by atoms with Crippen molar-refractivity contribution in [2.24, 2.45) is 0 Å². The lowest BCUT2D eigenvalue weighted by Crippen LogP contribution is -2.36. The molecule has 0 unspecified atom stereocenters. The zero-order chi connectivity index (χ0) is 21.5. The maximum atomic E-state index is 11.5. The summed E-state index contributed by atoms with van der Waals surface area (Å²) in [5, 5.41) is 3.03. The molecule has 1 aliphatic heterocycles. The van der Waals surface area contributed by atoms with Gasteiger partial charge in [0.1, 0.15) is 5.82 Å². The second-order valence-electron chi connectivity index (χ2n) is 9.29. The Balaban J connectivity index is 1.75. The first-order valence-electron chi connectivity index (χ1n) is 10.5. The number of nitrogens with zero attached hydrogens (tertiary/aromatic N) is 5. The van der Waals surface area contributed by atoms with E-state index in [1.54, 1.807) is 6.92 Å². The third-order valence-electron chi connectivity index (χ3n) is 5.45. The number of rotatable bonds is 4. The van der Waals surface area contributed by atoms with Gasteiger partial charge in [-0.25, -0.2) is 15.0 Å². The highest BCUT2D eigenvalue weighted by Gasteiger charge is 2.29. The van der Waals surface area contributed by atoms with E-state index < -0.39 is 0 Å². The van der Waals surface area contributed by atoms with Crippen LogP contribution in [0, 0.1) is 6.92 Å². The Morgan fingerprint density at radius 2 is 2.07 bits per heavy atom. The summed E-state index contributed by atoms with van der Waals surface area (Å²) in [6.07, 6.45) is 2.76. The summed E-state index contributed by atoms with van der Waals surface area (Å²) < 4.78 is 2.10. The van der Waals surface area contributed by atoms with Crippen molar-refractivity contribution in [3.05, 3.63) is 47.5 Å². The van der Waals surface area contributed by atoms with E-state index in [1.807, 2.05) is 6.33 Å². The van der Waals surface area contributed by atoms with Crippen LogP contribution < -0.4 is 10.2 Å². The molecular formula is C23H30N6O. The minimum atomic E-state index is -0.182. The molecule has 158 valence electrons. The number of carbonyl (C=O) groups is 1. The van der Waals surface area contributed by atoms with Crippen LogP contribution >= 0.6 is 0 Å². The van der Waals surface area contributed by atoms with E-state index in [9.17, 15) is 4.79 Å². The number of aromatic nitrogens is 4. The number of fused-ring (bicyclic) bond motifs is 1. The van der Waals surface area contributed by atoms with E-state index in [2.05, 4.69) is 66.7 Å². The number of aryl methyl sites for hydroxylation is 1. The predicted molar refractivity (Wildman–Crippen MR) is 119 cm³/mol. The van der Waals surface area contributed by atoms with Gasteiger partial charge in [-0.3, -0.25) is 4.79 Å². The molecule has 0 spiro atoms. The van der Waals surface area contributed by atoms with Gasteiger partial charge in [0.05, 0.1) is 12.9 Å². The van der Waals surface area contributed by atoms with Gasteiger partial charge in [0, 0.05) is 31.5 Å². The fraction of sp³-hybridized carbons (Fsp3) is 0.478. The predicted octanol–water partition coefficient (Wildman–Crippen LogP) is 3.20. The van der Waals surface area contributed by atoms with Gasteiger partial charge in [0.15, 0.2) is 17.0 Å². The lowest BCUT2D eigenvalue weighted by atomic mass is 9.96. The fourth-order valence-electron chi connectivity index (χ4n) is 3.97. The minimum absolute atomic E-state index is 0.00694. The topological polar surface area (TPSA) is 75.9 Å². The van der Waals surface area contributed by atoms with Gasteiger partial charge in [-0.1, -0.05) is 50.6 Å². The van der Waals surface area contributed by atoms with Crippen LogP contribution in [0.25, 0.3) is 11.2 Å². The Morgan fingerprint density at radius 3 is 2.77 bits per heavy atom. The van der Waals surface area contributed by atoms with Crippen LogP contribution in [0.2, 0.25) is 0 Å². The van der Waals surface area contributed by atoms with E-state index in [0.717, 1.165) is 42.3 Å². The second kappa shape index (κ2) is 7.70. The van der Waals surface area contributed by atoms with Crippen molar-refractivity contribution >= 4 is 22.9 Å². The Bertz CT molecular complexity index is 1080. The summed E-state index contributed by atoms with van der Waals surface area (Å²) in [6.45, 7) is 12.3. The number of nitrogens with one attached hydrogen (secondary N) is 1. The molecule has 7 nitrogen and oxygen atoms in total. The first kappa shape index (κ1) is 20.3. The van der Waals surface area contributed by atoms with Crippen LogP contribution in [-0.4, -0.2) is 44.6 Å². The van der Waals surface area contributed by atoms with E-state index in [4.69, 9.17) is 15.0 Å². The van der Waals surface area contributed by atoms with Crippen LogP contribution in [0.1, 0.15) is 51.1 Å². The Morgan fingerprint density at radius 1 is 1.27 bits per heavy atom. The summed E-state index contributed by atoms with van der Waals surface area (Å²) in [4.78, 5) is 28.2. The van der Waals surface area contributed by atoms with Crippen LogP contribution in [0.3, 0.4) is 0 Å². The molecule has 7 heteroatoms. The van der Waals surface area contributed by atoms with Crippen molar-refractivity contribution in [3.63, 3.8) is 0 Å². The van der Waals surface area contributed by atoms with Crippen molar-refractivity contribution in [1.82, 2.24) is 24.8 Å².